The molecule has 30 heavy (non-hydrogen) atoms. The van der Waals surface area contributed by atoms with Gasteiger partial charge in [-0.1, -0.05) is 72.8 Å². The molecule has 0 spiro atoms. The van der Waals surface area contributed by atoms with Gasteiger partial charge in [-0.25, -0.2) is 9.78 Å². The molecule has 0 atom stereocenters. The minimum Gasteiger partial charge on any atom is -0.481 e. The first-order valence-electron chi connectivity index (χ1n) is 9.20. The second kappa shape index (κ2) is 9.34. The first-order chi connectivity index (χ1) is 14.5. The molecule has 4 aromatic rings. The second-order valence-corrected chi connectivity index (χ2v) is 6.44. The van der Waals surface area contributed by atoms with Crippen LogP contribution < -0.4 is 0 Å². The fourth-order valence-corrected chi connectivity index (χ4v) is 2.90. The summed E-state index contributed by atoms with van der Waals surface area (Å²) in [6.45, 7) is 1.08. The lowest BCUT2D eigenvalue weighted by Crippen LogP contribution is -1.95. The molecule has 150 valence electrons. The van der Waals surface area contributed by atoms with Gasteiger partial charge in [0.2, 0.25) is 0 Å². The molecule has 0 aliphatic rings. The van der Waals surface area contributed by atoms with Crippen molar-refractivity contribution < 1.29 is 19.8 Å². The molecule has 0 saturated heterocycles. The topological polar surface area (TPSA) is 103 Å². The SMILES string of the molecule is CC(=O)O.O=C(O)c1ccc(-c2nc(-c3ccccc3)c(-c3ccccc3)[nH]2)cc1. The number of aromatic nitrogens is 2. The minimum atomic E-state index is -0.939. The molecule has 6 nitrogen and oxygen atoms in total. The monoisotopic (exact) mass is 400 g/mol. The number of aromatic amines is 1. The molecule has 0 bridgehead atoms. The molecule has 4 rings (SSSR count). The number of carbonyl (C=O) groups is 2. The predicted molar refractivity (Wildman–Crippen MR) is 115 cm³/mol. The molecule has 1 aromatic heterocycles. The van der Waals surface area contributed by atoms with Gasteiger partial charge in [0.15, 0.2) is 0 Å². The number of aromatic carboxylic acids is 1. The Bertz CT molecular complexity index is 1070. The van der Waals surface area contributed by atoms with Gasteiger partial charge < -0.3 is 15.2 Å². The number of carboxylic acids is 2. The standard InChI is InChI=1S/C22H16N2O2.C2H4O2/c25-22(26)18-13-11-17(12-14-18)21-23-19(15-7-3-1-4-8-15)20(24-21)16-9-5-2-6-10-16;1-2(3)4/h1-14H,(H,23,24)(H,25,26);1H3,(H,3,4). The lowest BCUT2D eigenvalue weighted by molar-refractivity contribution is -0.134. The van der Waals surface area contributed by atoms with Crippen molar-refractivity contribution in [2.75, 3.05) is 0 Å². The van der Waals surface area contributed by atoms with E-state index in [2.05, 4.69) is 4.98 Å². The zero-order valence-corrected chi connectivity index (χ0v) is 16.2. The van der Waals surface area contributed by atoms with Crippen molar-refractivity contribution in [3.8, 4) is 33.9 Å². The number of benzene rings is 3. The maximum Gasteiger partial charge on any atom is 0.335 e. The largest absolute Gasteiger partial charge is 0.481 e. The number of hydrogen-bond acceptors (Lipinski definition) is 3. The Kier molecular flexibility index (Phi) is 6.39. The van der Waals surface area contributed by atoms with Crippen molar-refractivity contribution in [2.24, 2.45) is 0 Å². The summed E-state index contributed by atoms with van der Waals surface area (Å²) >= 11 is 0. The second-order valence-electron chi connectivity index (χ2n) is 6.44. The van der Waals surface area contributed by atoms with E-state index < -0.39 is 11.9 Å². The molecule has 0 amide bonds. The maximum atomic E-state index is 11.1. The molecule has 3 aromatic carbocycles. The molecular formula is C24H20N2O4. The van der Waals surface area contributed by atoms with Crippen LogP contribution in [0.15, 0.2) is 84.9 Å². The summed E-state index contributed by atoms with van der Waals surface area (Å²) in [5.74, 6) is -1.06. The number of carboxylic acid groups (broad SMARTS) is 2. The van der Waals surface area contributed by atoms with E-state index in [-0.39, 0.29) is 5.56 Å². The van der Waals surface area contributed by atoms with Crippen molar-refractivity contribution >= 4 is 11.9 Å². The van der Waals surface area contributed by atoms with E-state index in [4.69, 9.17) is 20.0 Å². The van der Waals surface area contributed by atoms with E-state index in [1.165, 1.54) is 0 Å². The number of rotatable bonds is 4. The van der Waals surface area contributed by atoms with E-state index in [0.717, 1.165) is 35.0 Å². The zero-order valence-electron chi connectivity index (χ0n) is 16.2. The zero-order chi connectivity index (χ0) is 21.5. The molecule has 0 aliphatic carbocycles. The van der Waals surface area contributed by atoms with Crippen LogP contribution in [-0.2, 0) is 4.79 Å². The van der Waals surface area contributed by atoms with Crippen LogP contribution >= 0.6 is 0 Å². The van der Waals surface area contributed by atoms with E-state index in [1.54, 1.807) is 24.3 Å². The summed E-state index contributed by atoms with van der Waals surface area (Å²) in [7, 11) is 0. The van der Waals surface area contributed by atoms with Gasteiger partial charge in [0.1, 0.15) is 5.82 Å². The third-order valence-corrected chi connectivity index (χ3v) is 4.22. The number of aliphatic carboxylic acids is 1. The van der Waals surface area contributed by atoms with Crippen molar-refractivity contribution in [1.82, 2.24) is 9.97 Å². The van der Waals surface area contributed by atoms with Crippen LogP contribution in [0, 0.1) is 0 Å². The normalized spacial score (nSPS) is 10.0. The average Bonchev–Trinajstić information content (AvgIpc) is 3.20. The Labute approximate surface area is 173 Å². The third-order valence-electron chi connectivity index (χ3n) is 4.22. The molecule has 3 N–H and O–H groups in total. The Hall–Kier alpha value is -4.19. The molecule has 0 saturated carbocycles. The van der Waals surface area contributed by atoms with Gasteiger partial charge in [-0.2, -0.15) is 0 Å². The summed E-state index contributed by atoms with van der Waals surface area (Å²) in [5.41, 5.74) is 4.98. The van der Waals surface area contributed by atoms with Crippen LogP contribution in [-0.4, -0.2) is 32.1 Å². The average molecular weight is 400 g/mol. The number of imidazole rings is 1. The van der Waals surface area contributed by atoms with Crippen molar-refractivity contribution in [3.63, 3.8) is 0 Å². The lowest BCUT2D eigenvalue weighted by atomic mass is 10.1. The fourth-order valence-electron chi connectivity index (χ4n) is 2.90. The third kappa shape index (κ3) is 4.99. The molecule has 6 heteroatoms. The van der Waals surface area contributed by atoms with E-state index in [1.807, 2.05) is 60.7 Å². The van der Waals surface area contributed by atoms with Crippen LogP contribution in [0.4, 0.5) is 0 Å². The highest BCUT2D eigenvalue weighted by Gasteiger charge is 2.15. The van der Waals surface area contributed by atoms with Crippen molar-refractivity contribution in [2.45, 2.75) is 6.92 Å². The molecule has 1 heterocycles. The summed E-state index contributed by atoms with van der Waals surface area (Å²) in [6.07, 6.45) is 0. The summed E-state index contributed by atoms with van der Waals surface area (Å²) in [4.78, 5) is 28.3. The highest BCUT2D eigenvalue weighted by atomic mass is 16.4. The predicted octanol–water partition coefficient (Wildman–Crippen LogP) is 5.20. The van der Waals surface area contributed by atoms with Gasteiger partial charge >= 0.3 is 5.97 Å². The van der Waals surface area contributed by atoms with E-state index in [0.29, 0.717) is 5.82 Å². The fraction of sp³-hybridized carbons (Fsp3) is 0.0417. The van der Waals surface area contributed by atoms with Gasteiger partial charge in [0, 0.05) is 23.6 Å². The number of H-pyrrole nitrogens is 1. The highest BCUT2D eigenvalue weighted by Crippen LogP contribution is 2.32. The summed E-state index contributed by atoms with van der Waals surface area (Å²) in [5, 5.41) is 16.5. The first-order valence-corrected chi connectivity index (χ1v) is 9.20. The molecule has 0 aliphatic heterocycles. The van der Waals surface area contributed by atoms with Crippen LogP contribution in [0.2, 0.25) is 0 Å². The first kappa shape index (κ1) is 20.5. The Morgan fingerprint density at radius 3 is 1.73 bits per heavy atom. The minimum absolute atomic E-state index is 0.256. The number of nitrogens with zero attached hydrogens (tertiary/aromatic N) is 1. The summed E-state index contributed by atoms with van der Waals surface area (Å²) < 4.78 is 0. The van der Waals surface area contributed by atoms with Gasteiger partial charge in [0.25, 0.3) is 5.97 Å². The van der Waals surface area contributed by atoms with E-state index in [9.17, 15) is 4.79 Å². The molecular weight excluding hydrogens is 380 g/mol. The highest BCUT2D eigenvalue weighted by molar-refractivity contribution is 5.88. The Morgan fingerprint density at radius 1 is 0.733 bits per heavy atom. The molecule has 0 fully saturated rings. The smallest absolute Gasteiger partial charge is 0.335 e. The van der Waals surface area contributed by atoms with Gasteiger partial charge in [-0.3, -0.25) is 4.79 Å². The maximum absolute atomic E-state index is 11.1. The lowest BCUT2D eigenvalue weighted by Gasteiger charge is -2.02. The van der Waals surface area contributed by atoms with Crippen LogP contribution in [0.5, 0.6) is 0 Å². The summed E-state index contributed by atoms with van der Waals surface area (Å²) in [6, 6.07) is 26.8. The van der Waals surface area contributed by atoms with Gasteiger partial charge in [-0.15, -0.1) is 0 Å². The van der Waals surface area contributed by atoms with Crippen LogP contribution in [0.3, 0.4) is 0 Å². The number of nitrogens with one attached hydrogen (secondary N) is 1. The van der Waals surface area contributed by atoms with Crippen molar-refractivity contribution in [1.29, 1.82) is 0 Å². The molecule has 0 radical (unpaired) electrons. The Morgan fingerprint density at radius 2 is 1.23 bits per heavy atom. The van der Waals surface area contributed by atoms with Crippen LogP contribution in [0.25, 0.3) is 33.9 Å². The Balaban J connectivity index is 0.000000589. The van der Waals surface area contributed by atoms with Gasteiger partial charge in [0.05, 0.1) is 17.0 Å². The van der Waals surface area contributed by atoms with Gasteiger partial charge in [-0.05, 0) is 12.1 Å². The van der Waals surface area contributed by atoms with Crippen LogP contribution in [0.1, 0.15) is 17.3 Å². The van der Waals surface area contributed by atoms with E-state index >= 15 is 0 Å². The quantitative estimate of drug-likeness (QED) is 0.437. The number of hydrogen-bond donors (Lipinski definition) is 3. The van der Waals surface area contributed by atoms with Crippen molar-refractivity contribution in [3.05, 3.63) is 90.5 Å². The molecule has 0 unspecified atom stereocenters.